The molecule has 0 fully saturated rings. The second-order valence-corrected chi connectivity index (χ2v) is 13.1. The van der Waals surface area contributed by atoms with Crippen LogP contribution in [0.15, 0.2) is 66.7 Å². The van der Waals surface area contributed by atoms with Crippen LogP contribution in [0.25, 0.3) is 0 Å². The van der Waals surface area contributed by atoms with Gasteiger partial charge in [-0.1, -0.05) is 66.5 Å². The molecule has 12 heteroatoms. The Balaban J connectivity index is 1.77. The van der Waals surface area contributed by atoms with Gasteiger partial charge in [-0.25, -0.2) is 8.42 Å². The maximum atomic E-state index is 14.3. The molecule has 43 heavy (non-hydrogen) atoms. The van der Waals surface area contributed by atoms with Gasteiger partial charge in [-0.15, -0.1) is 0 Å². The first-order valence-corrected chi connectivity index (χ1v) is 16.5. The first-order chi connectivity index (χ1) is 20.5. The Morgan fingerprint density at radius 1 is 0.953 bits per heavy atom. The third-order valence-electron chi connectivity index (χ3n) is 7.16. The van der Waals surface area contributed by atoms with Crippen molar-refractivity contribution in [3.8, 4) is 11.5 Å². The normalized spacial score (nSPS) is 14.0. The summed E-state index contributed by atoms with van der Waals surface area (Å²) >= 11 is 13.0. The molecule has 0 saturated carbocycles. The highest BCUT2D eigenvalue weighted by Crippen LogP contribution is 2.35. The van der Waals surface area contributed by atoms with Crippen LogP contribution in [0.4, 0.5) is 5.69 Å². The van der Waals surface area contributed by atoms with Crippen LogP contribution < -0.4 is 19.1 Å². The van der Waals surface area contributed by atoms with Crippen molar-refractivity contribution in [1.82, 2.24) is 10.2 Å². The van der Waals surface area contributed by atoms with Crippen molar-refractivity contribution in [3.63, 3.8) is 0 Å². The number of nitrogens with one attached hydrogen (secondary N) is 1. The van der Waals surface area contributed by atoms with E-state index in [1.165, 1.54) is 11.0 Å². The minimum absolute atomic E-state index is 0.124. The summed E-state index contributed by atoms with van der Waals surface area (Å²) in [5.74, 6) is -0.134. The van der Waals surface area contributed by atoms with Crippen molar-refractivity contribution in [2.45, 2.75) is 45.3 Å². The molecule has 1 aliphatic rings. The number of carbonyl (C=O) groups excluding carboxylic acids is 2. The molecule has 230 valence electrons. The van der Waals surface area contributed by atoms with Gasteiger partial charge < -0.3 is 19.7 Å². The first kappa shape index (κ1) is 32.4. The van der Waals surface area contributed by atoms with E-state index in [2.05, 4.69) is 5.32 Å². The number of carbonyl (C=O) groups is 2. The van der Waals surface area contributed by atoms with E-state index < -0.39 is 28.5 Å². The minimum atomic E-state index is -3.95. The number of hydrogen-bond acceptors (Lipinski definition) is 6. The number of amides is 2. The number of rotatable bonds is 12. The van der Waals surface area contributed by atoms with Gasteiger partial charge in [0.25, 0.3) is 0 Å². The molecule has 1 N–H and O–H groups in total. The number of halogens is 2. The molecule has 0 bridgehead atoms. The SMILES string of the molecule is CC[C@H](C)NC(=O)[C@@H](Cc1ccccc1)N(Cc1c(Cl)cccc1Cl)C(=O)CN(c1ccc2c(c1)OCCO2)S(C)(=O)=O. The topological polar surface area (TPSA) is 105 Å². The van der Waals surface area contributed by atoms with Gasteiger partial charge in [0.15, 0.2) is 11.5 Å². The first-order valence-electron chi connectivity index (χ1n) is 13.9. The second kappa shape index (κ2) is 14.3. The van der Waals surface area contributed by atoms with Gasteiger partial charge in [0, 0.05) is 40.7 Å². The van der Waals surface area contributed by atoms with Crippen LogP contribution in [-0.4, -0.2) is 63.2 Å². The largest absolute Gasteiger partial charge is 0.486 e. The molecule has 1 heterocycles. The zero-order valence-electron chi connectivity index (χ0n) is 24.3. The van der Waals surface area contributed by atoms with Gasteiger partial charge in [0.05, 0.1) is 11.9 Å². The molecule has 9 nitrogen and oxygen atoms in total. The second-order valence-electron chi connectivity index (χ2n) is 10.3. The molecular formula is C31H35Cl2N3O6S. The maximum Gasteiger partial charge on any atom is 0.244 e. The number of anilines is 1. The lowest BCUT2D eigenvalue weighted by Gasteiger charge is -2.34. The quantitative estimate of drug-likeness (QED) is 0.294. The Morgan fingerprint density at radius 3 is 2.23 bits per heavy atom. The zero-order valence-corrected chi connectivity index (χ0v) is 26.6. The lowest BCUT2D eigenvalue weighted by Crippen LogP contribution is -2.54. The molecule has 0 aliphatic carbocycles. The summed E-state index contributed by atoms with van der Waals surface area (Å²) in [7, 11) is -3.95. The molecule has 0 spiro atoms. The highest BCUT2D eigenvalue weighted by atomic mass is 35.5. The van der Waals surface area contributed by atoms with E-state index in [0.717, 1.165) is 16.1 Å². The van der Waals surface area contributed by atoms with E-state index in [1.54, 1.807) is 30.3 Å². The average Bonchev–Trinajstić information content (AvgIpc) is 2.98. The van der Waals surface area contributed by atoms with Gasteiger partial charge in [0.1, 0.15) is 25.8 Å². The average molecular weight is 649 g/mol. The summed E-state index contributed by atoms with van der Waals surface area (Å²) in [5.41, 5.74) is 1.49. The fourth-order valence-corrected chi connectivity index (χ4v) is 6.01. The Hall–Kier alpha value is -3.47. The van der Waals surface area contributed by atoms with Crippen LogP contribution in [0.3, 0.4) is 0 Å². The predicted molar refractivity (Wildman–Crippen MR) is 168 cm³/mol. The van der Waals surface area contributed by atoms with E-state index in [4.69, 9.17) is 32.7 Å². The number of hydrogen-bond donors (Lipinski definition) is 1. The summed E-state index contributed by atoms with van der Waals surface area (Å²) in [6.45, 7) is 3.81. The Bertz CT molecular complexity index is 1530. The monoisotopic (exact) mass is 647 g/mol. The van der Waals surface area contributed by atoms with Crippen molar-refractivity contribution in [1.29, 1.82) is 0 Å². The van der Waals surface area contributed by atoms with Gasteiger partial charge in [-0.2, -0.15) is 0 Å². The summed E-state index contributed by atoms with van der Waals surface area (Å²) in [4.78, 5) is 29.4. The Labute approximate surface area is 262 Å². The number of benzene rings is 3. The maximum absolute atomic E-state index is 14.3. The molecule has 2 amide bonds. The van der Waals surface area contributed by atoms with E-state index in [1.807, 2.05) is 44.2 Å². The lowest BCUT2D eigenvalue weighted by molar-refractivity contribution is -0.140. The van der Waals surface area contributed by atoms with Crippen molar-refractivity contribution in [2.24, 2.45) is 0 Å². The molecular weight excluding hydrogens is 613 g/mol. The number of nitrogens with zero attached hydrogens (tertiary/aromatic N) is 2. The van der Waals surface area contributed by atoms with Crippen LogP contribution in [-0.2, 0) is 32.6 Å². The Morgan fingerprint density at radius 2 is 1.60 bits per heavy atom. The number of fused-ring (bicyclic) bond motifs is 1. The van der Waals surface area contributed by atoms with Gasteiger partial charge in [-0.3, -0.25) is 13.9 Å². The third-order valence-corrected chi connectivity index (χ3v) is 9.00. The summed E-state index contributed by atoms with van der Waals surface area (Å²) in [6.07, 6.45) is 1.88. The third kappa shape index (κ3) is 8.34. The molecule has 4 rings (SSSR count). The van der Waals surface area contributed by atoms with Crippen molar-refractivity contribution >= 4 is 50.7 Å². The fourth-order valence-electron chi connectivity index (χ4n) is 4.65. The van der Waals surface area contributed by atoms with Crippen LogP contribution >= 0.6 is 23.2 Å². The molecule has 1 aliphatic heterocycles. The van der Waals surface area contributed by atoms with E-state index in [-0.39, 0.29) is 30.6 Å². The molecule has 0 radical (unpaired) electrons. The van der Waals surface area contributed by atoms with Crippen LogP contribution in [0, 0.1) is 0 Å². The highest BCUT2D eigenvalue weighted by Gasteiger charge is 2.34. The molecule has 3 aromatic rings. The minimum Gasteiger partial charge on any atom is -0.486 e. The fraction of sp³-hybridized carbons (Fsp3) is 0.355. The van der Waals surface area contributed by atoms with Crippen LogP contribution in [0.5, 0.6) is 11.5 Å². The van der Waals surface area contributed by atoms with E-state index in [9.17, 15) is 18.0 Å². The van der Waals surface area contributed by atoms with Gasteiger partial charge >= 0.3 is 0 Å². The lowest BCUT2D eigenvalue weighted by atomic mass is 10.0. The highest BCUT2D eigenvalue weighted by molar-refractivity contribution is 7.92. The summed E-state index contributed by atoms with van der Waals surface area (Å²) in [5, 5.41) is 3.62. The zero-order chi connectivity index (χ0) is 31.1. The standard InChI is InChI=1S/C31H35Cl2N3O6S/c1-4-21(2)34-31(38)27(17-22-9-6-5-7-10-22)35(19-24-25(32)11-8-12-26(24)33)30(37)20-36(43(3,39)40)23-13-14-28-29(18-23)42-16-15-41-28/h5-14,18,21,27H,4,15-17,19-20H2,1-3H3,(H,34,38)/t21-,27+/m0/s1. The predicted octanol–water partition coefficient (Wildman–Crippen LogP) is 5.09. The van der Waals surface area contributed by atoms with E-state index >= 15 is 0 Å². The molecule has 0 saturated heterocycles. The van der Waals surface area contributed by atoms with Crippen molar-refractivity contribution in [2.75, 3.05) is 30.3 Å². The molecule has 2 atom stereocenters. The molecule has 0 unspecified atom stereocenters. The molecule has 0 aromatic heterocycles. The van der Waals surface area contributed by atoms with Crippen LogP contribution in [0.1, 0.15) is 31.4 Å². The van der Waals surface area contributed by atoms with Gasteiger partial charge in [-0.05, 0) is 43.2 Å². The number of sulfonamides is 1. The van der Waals surface area contributed by atoms with Crippen molar-refractivity contribution in [3.05, 3.63) is 87.9 Å². The summed E-state index contributed by atoms with van der Waals surface area (Å²) < 4.78 is 38.3. The van der Waals surface area contributed by atoms with Gasteiger partial charge in [0.2, 0.25) is 21.8 Å². The summed E-state index contributed by atoms with van der Waals surface area (Å²) in [6, 6.07) is 17.8. The Kier molecular flexibility index (Phi) is 10.8. The van der Waals surface area contributed by atoms with E-state index in [0.29, 0.717) is 46.7 Å². The van der Waals surface area contributed by atoms with Crippen molar-refractivity contribution < 1.29 is 27.5 Å². The number of ether oxygens (including phenoxy) is 2. The molecule has 3 aromatic carbocycles. The smallest absolute Gasteiger partial charge is 0.244 e. The van der Waals surface area contributed by atoms with Crippen LogP contribution in [0.2, 0.25) is 10.0 Å².